The predicted molar refractivity (Wildman–Crippen MR) is 67.2 cm³/mol. The Hall–Kier alpha value is -1.77. The molecule has 8 nitrogen and oxygen atoms in total. The third-order valence-electron chi connectivity index (χ3n) is 2.29. The maximum atomic E-state index is 11.5. The highest BCUT2D eigenvalue weighted by Gasteiger charge is 2.26. The van der Waals surface area contributed by atoms with Crippen LogP contribution in [0.5, 0.6) is 0 Å². The van der Waals surface area contributed by atoms with Crippen LogP contribution in [0.15, 0.2) is 0 Å². The summed E-state index contributed by atoms with van der Waals surface area (Å²) in [6.07, 6.45) is -1.10. The molecule has 1 atom stereocenters. The molecule has 1 aliphatic rings. The molecule has 1 saturated heterocycles. The van der Waals surface area contributed by atoms with Gasteiger partial charge in [0.2, 0.25) is 5.91 Å². The summed E-state index contributed by atoms with van der Waals surface area (Å²) in [7, 11) is 1.36. The van der Waals surface area contributed by atoms with Crippen molar-refractivity contribution < 1.29 is 23.9 Å². The zero-order valence-corrected chi connectivity index (χ0v) is 11.4. The van der Waals surface area contributed by atoms with E-state index >= 15 is 0 Å². The maximum Gasteiger partial charge on any atom is 0.326 e. The number of ether oxygens (including phenoxy) is 1. The summed E-state index contributed by atoms with van der Waals surface area (Å²) < 4.78 is 4.83. The van der Waals surface area contributed by atoms with Crippen LogP contribution < -0.4 is 10.6 Å². The lowest BCUT2D eigenvalue weighted by Gasteiger charge is -2.16. The molecule has 1 heterocycles. The van der Waals surface area contributed by atoms with E-state index in [9.17, 15) is 19.2 Å². The number of imide groups is 1. The Kier molecular flexibility index (Phi) is 5.61. The lowest BCUT2D eigenvalue weighted by atomic mass is 10.4. The van der Waals surface area contributed by atoms with Gasteiger partial charge in [-0.15, -0.1) is 11.8 Å². The molecule has 19 heavy (non-hydrogen) atoms. The Labute approximate surface area is 114 Å². The zero-order chi connectivity index (χ0) is 14.4. The van der Waals surface area contributed by atoms with Crippen molar-refractivity contribution in [1.82, 2.24) is 15.5 Å². The number of carbonyl (C=O) groups is 4. The van der Waals surface area contributed by atoms with E-state index in [1.165, 1.54) is 30.6 Å². The van der Waals surface area contributed by atoms with E-state index in [2.05, 4.69) is 5.32 Å². The minimum atomic E-state index is -1.10. The molecular formula is C10H15N3O5S. The van der Waals surface area contributed by atoms with Gasteiger partial charge in [0.05, 0.1) is 11.6 Å². The van der Waals surface area contributed by atoms with Gasteiger partial charge in [-0.1, -0.05) is 0 Å². The van der Waals surface area contributed by atoms with Gasteiger partial charge < -0.3 is 15.0 Å². The zero-order valence-electron chi connectivity index (χ0n) is 10.6. The van der Waals surface area contributed by atoms with E-state index in [-0.39, 0.29) is 12.5 Å². The molecule has 4 amide bonds. The number of esters is 1. The summed E-state index contributed by atoms with van der Waals surface area (Å²) in [6, 6.07) is -0.681. The van der Waals surface area contributed by atoms with Crippen LogP contribution >= 0.6 is 11.8 Å². The molecule has 0 bridgehead atoms. The number of carbonyl (C=O) groups excluding carboxylic acids is 4. The van der Waals surface area contributed by atoms with E-state index in [1.807, 2.05) is 5.32 Å². The van der Waals surface area contributed by atoms with Gasteiger partial charge in [-0.25, -0.2) is 4.79 Å². The third kappa shape index (κ3) is 4.78. The van der Waals surface area contributed by atoms with Crippen molar-refractivity contribution in [3.8, 4) is 0 Å². The second-order valence-corrected chi connectivity index (χ2v) is 4.72. The van der Waals surface area contributed by atoms with Crippen molar-refractivity contribution in [2.45, 2.75) is 13.0 Å². The predicted octanol–water partition coefficient (Wildman–Crippen LogP) is -1.09. The van der Waals surface area contributed by atoms with Crippen LogP contribution in [0.1, 0.15) is 6.92 Å². The Balaban J connectivity index is 2.36. The van der Waals surface area contributed by atoms with Crippen LogP contribution in [-0.2, 0) is 19.1 Å². The van der Waals surface area contributed by atoms with Gasteiger partial charge in [-0.2, -0.15) is 0 Å². The Morgan fingerprint density at radius 3 is 2.68 bits per heavy atom. The van der Waals surface area contributed by atoms with Crippen molar-refractivity contribution in [1.29, 1.82) is 0 Å². The Morgan fingerprint density at radius 1 is 1.47 bits per heavy atom. The van der Waals surface area contributed by atoms with Crippen molar-refractivity contribution in [3.63, 3.8) is 0 Å². The van der Waals surface area contributed by atoms with Crippen LogP contribution in [0.3, 0.4) is 0 Å². The largest absolute Gasteiger partial charge is 0.451 e. The summed E-state index contributed by atoms with van der Waals surface area (Å²) in [4.78, 5) is 46.4. The van der Waals surface area contributed by atoms with Crippen molar-refractivity contribution in [3.05, 3.63) is 0 Å². The Bertz CT molecular complexity index is 401. The topological polar surface area (TPSA) is 105 Å². The molecule has 2 N–H and O–H groups in total. The van der Waals surface area contributed by atoms with Gasteiger partial charge in [-0.3, -0.25) is 19.7 Å². The lowest BCUT2D eigenvalue weighted by molar-refractivity contribution is -0.156. The van der Waals surface area contributed by atoms with Gasteiger partial charge in [0.25, 0.3) is 5.91 Å². The summed E-state index contributed by atoms with van der Waals surface area (Å²) in [6.45, 7) is 1.15. The highest BCUT2D eigenvalue weighted by atomic mass is 32.2. The molecule has 0 aromatic carbocycles. The minimum absolute atomic E-state index is 0.135. The SMILES string of the molecule is CNC(=O)NC(=O)[C@@H](C)OC(=O)CN1CSCC1=O. The maximum absolute atomic E-state index is 11.5. The van der Waals surface area contributed by atoms with E-state index in [0.29, 0.717) is 11.6 Å². The number of nitrogens with zero attached hydrogens (tertiary/aromatic N) is 1. The molecule has 0 saturated carbocycles. The van der Waals surface area contributed by atoms with Crippen LogP contribution in [0.25, 0.3) is 0 Å². The van der Waals surface area contributed by atoms with Gasteiger partial charge in [0.15, 0.2) is 6.10 Å². The standard InChI is InChI=1S/C10H15N3O5S/c1-6(9(16)12-10(17)11-2)18-8(15)3-13-5-19-4-7(13)14/h6H,3-5H2,1-2H3,(H2,11,12,16,17)/t6-/m1/s1. The van der Waals surface area contributed by atoms with Crippen molar-refractivity contribution in [2.24, 2.45) is 0 Å². The third-order valence-corrected chi connectivity index (χ3v) is 3.23. The number of amides is 4. The van der Waals surface area contributed by atoms with Crippen molar-refractivity contribution >= 4 is 35.6 Å². The van der Waals surface area contributed by atoms with Gasteiger partial charge in [0, 0.05) is 7.05 Å². The van der Waals surface area contributed by atoms with E-state index < -0.39 is 24.0 Å². The summed E-state index contributed by atoms with van der Waals surface area (Å²) in [5, 5.41) is 4.19. The molecule has 0 aromatic heterocycles. The molecule has 0 spiro atoms. The van der Waals surface area contributed by atoms with Crippen LogP contribution in [0, 0.1) is 0 Å². The molecule has 0 aromatic rings. The summed E-state index contributed by atoms with van der Waals surface area (Å²) in [5.41, 5.74) is 0. The fraction of sp³-hybridized carbons (Fsp3) is 0.600. The van der Waals surface area contributed by atoms with E-state index in [1.54, 1.807) is 0 Å². The first kappa shape index (κ1) is 15.3. The lowest BCUT2D eigenvalue weighted by Crippen LogP contribution is -2.44. The van der Waals surface area contributed by atoms with Crippen LogP contribution in [0.4, 0.5) is 4.79 Å². The molecule has 106 valence electrons. The summed E-state index contributed by atoms with van der Waals surface area (Å²) >= 11 is 1.41. The first-order chi connectivity index (χ1) is 8.93. The Morgan fingerprint density at radius 2 is 2.16 bits per heavy atom. The van der Waals surface area contributed by atoms with E-state index in [4.69, 9.17) is 4.74 Å². The summed E-state index contributed by atoms with van der Waals surface area (Å²) in [5.74, 6) is -0.762. The highest BCUT2D eigenvalue weighted by Crippen LogP contribution is 2.14. The molecule has 1 rings (SSSR count). The molecule has 0 unspecified atom stereocenters. The number of urea groups is 1. The molecule has 0 radical (unpaired) electrons. The number of rotatable bonds is 4. The molecule has 1 fully saturated rings. The van der Waals surface area contributed by atoms with Gasteiger partial charge in [-0.05, 0) is 6.92 Å². The molecule has 1 aliphatic heterocycles. The van der Waals surface area contributed by atoms with E-state index in [0.717, 1.165) is 0 Å². The first-order valence-electron chi connectivity index (χ1n) is 5.51. The normalized spacial score (nSPS) is 15.9. The number of hydrogen-bond donors (Lipinski definition) is 2. The number of hydrogen-bond acceptors (Lipinski definition) is 6. The average molecular weight is 289 g/mol. The molecular weight excluding hydrogens is 274 g/mol. The average Bonchev–Trinajstić information content (AvgIpc) is 2.74. The quantitative estimate of drug-likeness (QED) is 0.637. The van der Waals surface area contributed by atoms with Crippen LogP contribution in [0.2, 0.25) is 0 Å². The first-order valence-corrected chi connectivity index (χ1v) is 6.67. The van der Waals surface area contributed by atoms with Crippen molar-refractivity contribution in [2.75, 3.05) is 25.2 Å². The van der Waals surface area contributed by atoms with Gasteiger partial charge in [0.1, 0.15) is 6.54 Å². The van der Waals surface area contributed by atoms with Gasteiger partial charge >= 0.3 is 12.0 Å². The second-order valence-electron chi connectivity index (χ2n) is 3.77. The smallest absolute Gasteiger partial charge is 0.326 e. The number of thioether (sulfide) groups is 1. The second kappa shape index (κ2) is 6.98. The number of nitrogens with one attached hydrogen (secondary N) is 2. The monoisotopic (exact) mass is 289 g/mol. The highest BCUT2D eigenvalue weighted by molar-refractivity contribution is 8.00. The fourth-order valence-electron chi connectivity index (χ4n) is 1.26. The molecule has 0 aliphatic carbocycles. The fourth-order valence-corrected chi connectivity index (χ4v) is 2.16. The molecule has 9 heteroatoms. The van der Waals surface area contributed by atoms with Crippen LogP contribution in [-0.4, -0.2) is 60.0 Å². The minimum Gasteiger partial charge on any atom is -0.451 e.